The van der Waals surface area contributed by atoms with Crippen molar-refractivity contribution < 1.29 is 14.4 Å². The van der Waals surface area contributed by atoms with Crippen LogP contribution in [-0.4, -0.2) is 37.6 Å². The van der Waals surface area contributed by atoms with E-state index in [0.717, 1.165) is 0 Å². The molecule has 3 rings (SSSR count). The van der Waals surface area contributed by atoms with E-state index in [0.29, 0.717) is 46.7 Å². The molecule has 0 unspecified atom stereocenters. The maximum Gasteiger partial charge on any atom is 0.216 e. The molecule has 0 aromatic heterocycles. The zero-order chi connectivity index (χ0) is 18.0. The standard InChI is InChI=1S/C19H19N3O3/c1-11(23)21-9-10-22-15-8-7-14(20-2)16-17(15)19(25)13-6-4-3-5-12(13)18(16)24/h3-8,20,22H,9-10H2,1-2H3,(H,21,23). The summed E-state index contributed by atoms with van der Waals surface area (Å²) < 4.78 is 0. The van der Waals surface area contributed by atoms with E-state index in [4.69, 9.17) is 0 Å². The van der Waals surface area contributed by atoms with E-state index in [2.05, 4.69) is 16.0 Å². The zero-order valence-electron chi connectivity index (χ0n) is 14.1. The van der Waals surface area contributed by atoms with Crippen molar-refractivity contribution in [1.29, 1.82) is 0 Å². The minimum Gasteiger partial charge on any atom is -0.388 e. The summed E-state index contributed by atoms with van der Waals surface area (Å²) in [5, 5.41) is 8.82. The molecule has 3 N–H and O–H groups in total. The van der Waals surface area contributed by atoms with Crippen LogP contribution in [-0.2, 0) is 4.79 Å². The molecule has 1 aliphatic carbocycles. The summed E-state index contributed by atoms with van der Waals surface area (Å²) in [6.45, 7) is 2.33. The molecule has 0 saturated heterocycles. The SMILES string of the molecule is CNc1ccc(NCCNC(C)=O)c2c1C(=O)c1ccccc1C2=O. The van der Waals surface area contributed by atoms with Gasteiger partial charge < -0.3 is 16.0 Å². The molecule has 0 bridgehead atoms. The molecule has 6 heteroatoms. The third-order valence-corrected chi connectivity index (χ3v) is 4.16. The predicted octanol–water partition coefficient (Wildman–Crippen LogP) is 2.05. The first kappa shape index (κ1) is 16.7. The number of nitrogens with one attached hydrogen (secondary N) is 3. The van der Waals surface area contributed by atoms with Gasteiger partial charge in [-0.1, -0.05) is 24.3 Å². The lowest BCUT2D eigenvalue weighted by Crippen LogP contribution is -2.28. The second kappa shape index (κ2) is 6.76. The molecular formula is C19H19N3O3. The average Bonchev–Trinajstić information content (AvgIpc) is 2.62. The van der Waals surface area contributed by atoms with Gasteiger partial charge in [-0.25, -0.2) is 0 Å². The molecular weight excluding hydrogens is 318 g/mol. The van der Waals surface area contributed by atoms with Crippen LogP contribution in [0.15, 0.2) is 36.4 Å². The molecule has 0 aliphatic heterocycles. The Morgan fingerprint density at radius 3 is 2.00 bits per heavy atom. The normalized spacial score (nSPS) is 12.2. The first-order valence-corrected chi connectivity index (χ1v) is 8.06. The Balaban J connectivity index is 2.02. The van der Waals surface area contributed by atoms with E-state index in [9.17, 15) is 14.4 Å². The number of hydrogen-bond acceptors (Lipinski definition) is 5. The first-order chi connectivity index (χ1) is 12.0. The second-order valence-electron chi connectivity index (χ2n) is 5.77. The fourth-order valence-corrected chi connectivity index (χ4v) is 3.01. The quantitative estimate of drug-likeness (QED) is 0.620. The predicted molar refractivity (Wildman–Crippen MR) is 96.5 cm³/mol. The monoisotopic (exact) mass is 337 g/mol. The highest BCUT2D eigenvalue weighted by molar-refractivity contribution is 6.31. The molecule has 2 aromatic rings. The van der Waals surface area contributed by atoms with Crippen molar-refractivity contribution in [3.63, 3.8) is 0 Å². The van der Waals surface area contributed by atoms with Crippen LogP contribution in [0.25, 0.3) is 0 Å². The van der Waals surface area contributed by atoms with Gasteiger partial charge in [0, 0.05) is 49.6 Å². The van der Waals surface area contributed by atoms with Crippen molar-refractivity contribution >= 4 is 28.8 Å². The van der Waals surface area contributed by atoms with Crippen molar-refractivity contribution in [2.24, 2.45) is 0 Å². The van der Waals surface area contributed by atoms with Crippen LogP contribution in [0.4, 0.5) is 11.4 Å². The summed E-state index contributed by atoms with van der Waals surface area (Å²) in [5.41, 5.74) is 2.81. The van der Waals surface area contributed by atoms with Gasteiger partial charge in [-0.15, -0.1) is 0 Å². The number of benzene rings is 2. The molecule has 6 nitrogen and oxygen atoms in total. The van der Waals surface area contributed by atoms with Gasteiger partial charge in [0.1, 0.15) is 0 Å². The minimum atomic E-state index is -0.177. The number of hydrogen-bond donors (Lipinski definition) is 3. The third-order valence-electron chi connectivity index (χ3n) is 4.16. The van der Waals surface area contributed by atoms with Gasteiger partial charge in [-0.3, -0.25) is 14.4 Å². The Labute approximate surface area is 145 Å². The largest absolute Gasteiger partial charge is 0.388 e. The molecule has 2 aromatic carbocycles. The minimum absolute atomic E-state index is 0.116. The van der Waals surface area contributed by atoms with E-state index in [1.54, 1.807) is 43.4 Å². The summed E-state index contributed by atoms with van der Waals surface area (Å²) in [5.74, 6) is -0.459. The van der Waals surface area contributed by atoms with Crippen LogP contribution in [0.1, 0.15) is 38.8 Å². The smallest absolute Gasteiger partial charge is 0.216 e. The number of amides is 1. The van der Waals surface area contributed by atoms with Crippen molar-refractivity contribution in [1.82, 2.24) is 5.32 Å². The Morgan fingerprint density at radius 1 is 0.880 bits per heavy atom. The Kier molecular flexibility index (Phi) is 4.52. The van der Waals surface area contributed by atoms with Gasteiger partial charge in [0.2, 0.25) is 5.91 Å². The van der Waals surface area contributed by atoms with Gasteiger partial charge in [-0.2, -0.15) is 0 Å². The molecule has 1 aliphatic rings. The lowest BCUT2D eigenvalue weighted by atomic mass is 9.82. The topological polar surface area (TPSA) is 87.3 Å². The van der Waals surface area contributed by atoms with Crippen LogP contribution in [0, 0.1) is 0 Å². The highest BCUT2D eigenvalue weighted by atomic mass is 16.1. The highest BCUT2D eigenvalue weighted by Gasteiger charge is 2.33. The molecule has 0 spiro atoms. The van der Waals surface area contributed by atoms with Crippen LogP contribution in [0.3, 0.4) is 0 Å². The van der Waals surface area contributed by atoms with E-state index < -0.39 is 0 Å². The fraction of sp³-hybridized carbons (Fsp3) is 0.211. The summed E-state index contributed by atoms with van der Waals surface area (Å²) in [4.78, 5) is 36.9. The Morgan fingerprint density at radius 2 is 1.44 bits per heavy atom. The molecule has 1 amide bonds. The lowest BCUT2D eigenvalue weighted by Gasteiger charge is -2.23. The number of anilines is 2. The van der Waals surface area contributed by atoms with Gasteiger partial charge in [0.25, 0.3) is 0 Å². The van der Waals surface area contributed by atoms with E-state index in [1.165, 1.54) is 6.92 Å². The van der Waals surface area contributed by atoms with E-state index >= 15 is 0 Å². The fourth-order valence-electron chi connectivity index (χ4n) is 3.01. The van der Waals surface area contributed by atoms with Crippen LogP contribution < -0.4 is 16.0 Å². The average molecular weight is 337 g/mol. The summed E-state index contributed by atoms with van der Waals surface area (Å²) in [6.07, 6.45) is 0. The van der Waals surface area contributed by atoms with Gasteiger partial charge in [-0.05, 0) is 12.1 Å². The maximum absolute atomic E-state index is 13.0. The number of rotatable bonds is 5. The summed E-state index contributed by atoms with van der Waals surface area (Å²) >= 11 is 0. The summed E-state index contributed by atoms with van der Waals surface area (Å²) in [7, 11) is 1.72. The molecule has 25 heavy (non-hydrogen) atoms. The molecule has 0 heterocycles. The molecule has 128 valence electrons. The number of fused-ring (bicyclic) bond motifs is 2. The van der Waals surface area contributed by atoms with Crippen molar-refractivity contribution in [2.45, 2.75) is 6.92 Å². The van der Waals surface area contributed by atoms with Crippen molar-refractivity contribution in [3.05, 3.63) is 58.7 Å². The molecule has 0 radical (unpaired) electrons. The van der Waals surface area contributed by atoms with Crippen LogP contribution in [0.5, 0.6) is 0 Å². The van der Waals surface area contributed by atoms with Crippen molar-refractivity contribution in [3.8, 4) is 0 Å². The van der Waals surface area contributed by atoms with Crippen molar-refractivity contribution in [2.75, 3.05) is 30.8 Å². The van der Waals surface area contributed by atoms with Gasteiger partial charge >= 0.3 is 0 Å². The van der Waals surface area contributed by atoms with Crippen LogP contribution in [0.2, 0.25) is 0 Å². The van der Waals surface area contributed by atoms with Gasteiger partial charge in [0.05, 0.1) is 11.1 Å². The van der Waals surface area contributed by atoms with E-state index in [-0.39, 0.29) is 17.5 Å². The maximum atomic E-state index is 13.0. The third kappa shape index (κ3) is 2.98. The van der Waals surface area contributed by atoms with Gasteiger partial charge in [0.15, 0.2) is 11.6 Å². The lowest BCUT2D eigenvalue weighted by molar-refractivity contribution is -0.118. The molecule has 0 fully saturated rings. The van der Waals surface area contributed by atoms with E-state index in [1.807, 2.05) is 0 Å². The number of carbonyl (C=O) groups excluding carboxylic acids is 3. The zero-order valence-corrected chi connectivity index (χ0v) is 14.1. The molecule has 0 atom stereocenters. The molecule has 0 saturated carbocycles. The number of carbonyl (C=O) groups is 3. The Hall–Kier alpha value is -3.15. The number of ketones is 2. The summed E-state index contributed by atoms with van der Waals surface area (Å²) in [6, 6.07) is 10.4. The van der Waals surface area contributed by atoms with Crippen LogP contribution >= 0.6 is 0 Å². The second-order valence-corrected chi connectivity index (χ2v) is 5.77. The first-order valence-electron chi connectivity index (χ1n) is 8.06. The highest BCUT2D eigenvalue weighted by Crippen LogP contribution is 2.36. The Bertz CT molecular complexity index is 874.